The molecule has 0 radical (unpaired) electrons. The van der Waals surface area contributed by atoms with Crippen LogP contribution in [0.3, 0.4) is 0 Å². The third kappa shape index (κ3) is 0.957. The standard InChI is InChI=1S/C9H8N2O2/c1-11(9(12)13)8-5-3-2-4-7(8)6-10-11/h2-6H,1H3/p+1. The van der Waals surface area contributed by atoms with E-state index in [4.69, 9.17) is 5.11 Å². The maximum atomic E-state index is 10.9. The second kappa shape index (κ2) is 2.40. The van der Waals surface area contributed by atoms with Gasteiger partial charge < -0.3 is 5.11 Å². The summed E-state index contributed by atoms with van der Waals surface area (Å²) >= 11 is 0. The van der Waals surface area contributed by atoms with Crippen LogP contribution in [-0.2, 0) is 0 Å². The van der Waals surface area contributed by atoms with Gasteiger partial charge in [0.05, 0.1) is 11.8 Å². The summed E-state index contributed by atoms with van der Waals surface area (Å²) in [4.78, 5) is 10.9. The van der Waals surface area contributed by atoms with E-state index in [1.54, 1.807) is 19.3 Å². The molecule has 2 rings (SSSR count). The number of fused-ring (bicyclic) bond motifs is 1. The SMILES string of the molecule is C[N+]1(C(=O)O)N=Cc2ccccc21. The van der Waals surface area contributed by atoms with Crippen LogP contribution in [0.1, 0.15) is 5.56 Å². The van der Waals surface area contributed by atoms with E-state index >= 15 is 0 Å². The first kappa shape index (κ1) is 7.94. The van der Waals surface area contributed by atoms with E-state index in [0.717, 1.165) is 5.56 Å². The number of quaternary nitrogens is 1. The lowest BCUT2D eigenvalue weighted by molar-refractivity contribution is 0.159. The van der Waals surface area contributed by atoms with Crippen molar-refractivity contribution in [3.63, 3.8) is 0 Å². The van der Waals surface area contributed by atoms with Crippen molar-refractivity contribution in [2.24, 2.45) is 5.10 Å². The second-order valence-electron chi connectivity index (χ2n) is 3.04. The van der Waals surface area contributed by atoms with Crippen LogP contribution in [0.4, 0.5) is 10.5 Å². The summed E-state index contributed by atoms with van der Waals surface area (Å²) in [5.41, 5.74) is 1.57. The minimum absolute atomic E-state index is 0.407. The summed E-state index contributed by atoms with van der Waals surface area (Å²) in [6, 6.07) is 7.30. The van der Waals surface area contributed by atoms with Crippen molar-refractivity contribution in [3.05, 3.63) is 29.8 Å². The van der Waals surface area contributed by atoms with Crippen LogP contribution < -0.4 is 4.59 Å². The number of hydrogen-bond acceptors (Lipinski definition) is 2. The van der Waals surface area contributed by atoms with E-state index in [9.17, 15) is 4.79 Å². The molecule has 66 valence electrons. The Kier molecular flexibility index (Phi) is 1.47. The van der Waals surface area contributed by atoms with Crippen molar-refractivity contribution in [3.8, 4) is 0 Å². The number of nitrogens with zero attached hydrogens (tertiary/aromatic N) is 2. The summed E-state index contributed by atoms with van der Waals surface area (Å²) in [5, 5.41) is 12.9. The highest BCUT2D eigenvalue weighted by molar-refractivity contribution is 5.97. The molecule has 1 aliphatic rings. The van der Waals surface area contributed by atoms with E-state index in [-0.39, 0.29) is 0 Å². The third-order valence-corrected chi connectivity index (χ3v) is 2.21. The smallest absolute Gasteiger partial charge is 0.433 e. The maximum Gasteiger partial charge on any atom is 0.546 e. The van der Waals surface area contributed by atoms with E-state index in [1.807, 2.05) is 18.2 Å². The number of carbonyl (C=O) groups is 1. The molecule has 13 heavy (non-hydrogen) atoms. The fourth-order valence-electron chi connectivity index (χ4n) is 1.39. The lowest BCUT2D eigenvalue weighted by Crippen LogP contribution is -2.42. The van der Waals surface area contributed by atoms with Crippen molar-refractivity contribution in [1.29, 1.82) is 0 Å². The van der Waals surface area contributed by atoms with Gasteiger partial charge in [0.1, 0.15) is 7.05 Å². The maximum absolute atomic E-state index is 10.9. The third-order valence-electron chi connectivity index (χ3n) is 2.21. The summed E-state index contributed by atoms with van der Waals surface area (Å²) in [6.07, 6.45) is 0.616. The number of amides is 1. The fourth-order valence-corrected chi connectivity index (χ4v) is 1.39. The second-order valence-corrected chi connectivity index (χ2v) is 3.04. The summed E-state index contributed by atoms with van der Waals surface area (Å²) < 4.78 is -0.407. The molecule has 0 saturated carbocycles. The van der Waals surface area contributed by atoms with Gasteiger partial charge in [-0.2, -0.15) is 4.79 Å². The van der Waals surface area contributed by atoms with Gasteiger partial charge in [-0.05, 0) is 6.07 Å². The molecule has 1 unspecified atom stereocenters. The van der Waals surface area contributed by atoms with Gasteiger partial charge in [-0.1, -0.05) is 21.8 Å². The average molecular weight is 177 g/mol. The molecule has 1 aromatic rings. The molecule has 1 aromatic carbocycles. The van der Waals surface area contributed by atoms with Crippen LogP contribution in [0.15, 0.2) is 29.4 Å². The molecular formula is C9H9N2O2+. The van der Waals surface area contributed by atoms with Crippen molar-refractivity contribution in [2.45, 2.75) is 0 Å². The molecule has 0 spiro atoms. The lowest BCUT2D eigenvalue weighted by atomic mass is 10.2. The lowest BCUT2D eigenvalue weighted by Gasteiger charge is -2.16. The Morgan fingerprint density at radius 3 is 2.85 bits per heavy atom. The highest BCUT2D eigenvalue weighted by Gasteiger charge is 2.40. The molecule has 4 heteroatoms. The highest BCUT2D eigenvalue weighted by atomic mass is 16.4. The molecule has 1 N–H and O–H groups in total. The minimum atomic E-state index is -0.971. The normalized spacial score (nSPS) is 24.4. The topological polar surface area (TPSA) is 49.7 Å². The molecular weight excluding hydrogens is 168 g/mol. The molecule has 0 bridgehead atoms. The van der Waals surface area contributed by atoms with Crippen molar-refractivity contribution in [1.82, 2.24) is 4.59 Å². The number of rotatable bonds is 0. The molecule has 1 aliphatic heterocycles. The zero-order valence-electron chi connectivity index (χ0n) is 7.14. The van der Waals surface area contributed by atoms with Crippen LogP contribution >= 0.6 is 0 Å². The average Bonchev–Trinajstić information content (AvgIpc) is 2.47. The number of hydrogen-bond donors (Lipinski definition) is 1. The summed E-state index contributed by atoms with van der Waals surface area (Å²) in [6.45, 7) is 0. The van der Waals surface area contributed by atoms with Crippen molar-refractivity contribution < 1.29 is 9.90 Å². The van der Waals surface area contributed by atoms with Gasteiger partial charge in [-0.25, -0.2) is 0 Å². The largest absolute Gasteiger partial charge is 0.546 e. The monoisotopic (exact) mass is 177 g/mol. The predicted molar refractivity (Wildman–Crippen MR) is 49.8 cm³/mol. The van der Waals surface area contributed by atoms with Gasteiger partial charge in [0.15, 0.2) is 5.69 Å². The Balaban J connectivity index is 2.61. The van der Waals surface area contributed by atoms with Crippen LogP contribution in [0.2, 0.25) is 0 Å². The van der Waals surface area contributed by atoms with E-state index in [0.29, 0.717) is 5.69 Å². The molecule has 0 saturated heterocycles. The first-order chi connectivity index (χ1) is 6.14. The van der Waals surface area contributed by atoms with Gasteiger partial charge in [-0.3, -0.25) is 0 Å². The molecule has 1 amide bonds. The molecule has 4 nitrogen and oxygen atoms in total. The Morgan fingerprint density at radius 2 is 2.15 bits per heavy atom. The molecule has 0 aromatic heterocycles. The zero-order chi connectivity index (χ0) is 9.47. The van der Waals surface area contributed by atoms with Crippen LogP contribution in [0, 0.1) is 0 Å². The zero-order valence-corrected chi connectivity index (χ0v) is 7.14. The van der Waals surface area contributed by atoms with Gasteiger partial charge in [0.2, 0.25) is 0 Å². The Hall–Kier alpha value is -1.68. The number of benzene rings is 1. The first-order valence-corrected chi connectivity index (χ1v) is 3.90. The number of carboxylic acid groups (broad SMARTS) is 1. The van der Waals surface area contributed by atoms with Gasteiger partial charge in [0, 0.05) is 6.07 Å². The van der Waals surface area contributed by atoms with Gasteiger partial charge in [-0.15, -0.1) is 0 Å². The van der Waals surface area contributed by atoms with Crippen LogP contribution in [0.25, 0.3) is 0 Å². The van der Waals surface area contributed by atoms with Crippen molar-refractivity contribution >= 4 is 18.0 Å². The quantitative estimate of drug-likeness (QED) is 0.612. The first-order valence-electron chi connectivity index (χ1n) is 3.90. The van der Waals surface area contributed by atoms with E-state index in [1.165, 1.54) is 0 Å². The van der Waals surface area contributed by atoms with E-state index in [2.05, 4.69) is 5.10 Å². The Bertz CT molecular complexity index is 400. The van der Waals surface area contributed by atoms with E-state index < -0.39 is 10.7 Å². The Morgan fingerprint density at radius 1 is 1.46 bits per heavy atom. The Labute approximate surface area is 75.3 Å². The number of para-hydroxylation sites is 1. The van der Waals surface area contributed by atoms with Gasteiger partial charge in [0.25, 0.3) is 0 Å². The highest BCUT2D eigenvalue weighted by Crippen LogP contribution is 2.30. The van der Waals surface area contributed by atoms with Crippen molar-refractivity contribution in [2.75, 3.05) is 7.05 Å². The summed E-state index contributed by atoms with van der Waals surface area (Å²) in [5.74, 6) is 0. The molecule has 0 fully saturated rings. The van der Waals surface area contributed by atoms with Crippen LogP contribution in [-0.4, -0.2) is 24.5 Å². The molecule has 1 heterocycles. The fraction of sp³-hybridized carbons (Fsp3) is 0.111. The summed E-state index contributed by atoms with van der Waals surface area (Å²) in [7, 11) is 1.55. The van der Waals surface area contributed by atoms with Gasteiger partial charge >= 0.3 is 6.09 Å². The minimum Gasteiger partial charge on any atom is -0.433 e. The van der Waals surface area contributed by atoms with Crippen LogP contribution in [0.5, 0.6) is 0 Å². The molecule has 1 atom stereocenters. The molecule has 0 aliphatic carbocycles. The predicted octanol–water partition coefficient (Wildman–Crippen LogP) is 1.65.